The zero-order valence-electron chi connectivity index (χ0n) is 9.87. The van der Waals surface area contributed by atoms with Gasteiger partial charge in [-0.25, -0.2) is 0 Å². The predicted molar refractivity (Wildman–Crippen MR) is 63.4 cm³/mol. The highest BCUT2D eigenvalue weighted by Gasteiger charge is 2.50. The number of hydrogen-bond donors (Lipinski definition) is 1. The van der Waals surface area contributed by atoms with Crippen molar-refractivity contribution in [2.45, 2.75) is 39.2 Å². The largest absolute Gasteiger partial charge is 0.392 e. The quantitative estimate of drug-likeness (QED) is 0.653. The van der Waals surface area contributed by atoms with Gasteiger partial charge in [0, 0.05) is 5.92 Å². The highest BCUT2D eigenvalue weighted by Crippen LogP contribution is 2.56. The molecule has 0 aliphatic heterocycles. The summed E-state index contributed by atoms with van der Waals surface area (Å²) in [5.41, 5.74) is 1.52. The minimum atomic E-state index is -0.205. The Hall–Kier alpha value is -0.560. The molecule has 2 aliphatic rings. The monoisotopic (exact) mass is 206 g/mol. The highest BCUT2D eigenvalue weighted by atomic mass is 16.3. The molecule has 2 saturated carbocycles. The summed E-state index contributed by atoms with van der Waals surface area (Å²) >= 11 is 0. The molecule has 84 valence electrons. The van der Waals surface area contributed by atoms with Crippen molar-refractivity contribution >= 4 is 0 Å². The van der Waals surface area contributed by atoms with Gasteiger partial charge in [-0.3, -0.25) is 0 Å². The van der Waals surface area contributed by atoms with E-state index in [1.165, 1.54) is 12.0 Å². The molecule has 1 heteroatoms. The van der Waals surface area contributed by atoms with Crippen molar-refractivity contribution in [2.24, 2.45) is 23.2 Å². The van der Waals surface area contributed by atoms with Crippen molar-refractivity contribution < 1.29 is 5.11 Å². The van der Waals surface area contributed by atoms with Gasteiger partial charge in [-0.05, 0) is 36.5 Å². The Morgan fingerprint density at radius 3 is 2.80 bits per heavy atom. The molecule has 0 heterocycles. The molecule has 1 N–H and O–H groups in total. The maximum atomic E-state index is 10.2. The molecule has 0 spiro atoms. The first kappa shape index (κ1) is 10.9. The molecule has 0 aromatic carbocycles. The van der Waals surface area contributed by atoms with E-state index in [-0.39, 0.29) is 17.4 Å². The zero-order valence-corrected chi connectivity index (χ0v) is 9.87. The van der Waals surface area contributed by atoms with E-state index in [9.17, 15) is 5.11 Å². The molecule has 2 rings (SSSR count). The minimum absolute atomic E-state index is 0.205. The van der Waals surface area contributed by atoms with E-state index in [2.05, 4.69) is 27.0 Å². The normalized spacial score (nSPS) is 50.2. The Morgan fingerprint density at radius 2 is 2.20 bits per heavy atom. The molecule has 1 nitrogen and oxygen atoms in total. The van der Waals surface area contributed by atoms with Gasteiger partial charge < -0.3 is 5.11 Å². The van der Waals surface area contributed by atoms with Crippen LogP contribution < -0.4 is 0 Å². The number of hydrogen-bond acceptors (Lipinski definition) is 1. The summed E-state index contributed by atoms with van der Waals surface area (Å²) in [4.78, 5) is 0. The molecule has 2 aliphatic carbocycles. The lowest BCUT2D eigenvalue weighted by atomic mass is 9.52. The summed E-state index contributed by atoms with van der Waals surface area (Å²) < 4.78 is 0. The fraction of sp³-hybridized carbons (Fsp3) is 0.714. The molecule has 0 amide bonds. The first-order valence-corrected chi connectivity index (χ1v) is 6.00. The Bertz CT molecular complexity index is 294. The summed E-state index contributed by atoms with van der Waals surface area (Å²) in [7, 11) is 0. The maximum absolute atomic E-state index is 10.2. The summed E-state index contributed by atoms with van der Waals surface area (Å²) in [5.74, 6) is 1.26. The van der Waals surface area contributed by atoms with Crippen LogP contribution in [-0.4, -0.2) is 11.2 Å². The highest BCUT2D eigenvalue weighted by molar-refractivity contribution is 5.24. The van der Waals surface area contributed by atoms with Crippen LogP contribution in [0.25, 0.3) is 0 Å². The average Bonchev–Trinajstić information content (AvgIpc) is 2.19. The lowest BCUT2D eigenvalue weighted by molar-refractivity contribution is -0.0191. The zero-order chi connectivity index (χ0) is 11.2. The minimum Gasteiger partial charge on any atom is -0.392 e. The van der Waals surface area contributed by atoms with Gasteiger partial charge in [0.2, 0.25) is 0 Å². The number of rotatable bonds is 1. The van der Waals surface area contributed by atoms with E-state index in [4.69, 9.17) is 0 Å². The van der Waals surface area contributed by atoms with Crippen molar-refractivity contribution in [3.8, 4) is 0 Å². The fourth-order valence-electron chi connectivity index (χ4n) is 3.56. The van der Waals surface area contributed by atoms with Crippen molar-refractivity contribution in [1.82, 2.24) is 0 Å². The Kier molecular flexibility index (Phi) is 2.54. The van der Waals surface area contributed by atoms with E-state index in [0.717, 1.165) is 12.8 Å². The van der Waals surface area contributed by atoms with Gasteiger partial charge in [-0.2, -0.15) is 0 Å². The van der Waals surface area contributed by atoms with Crippen molar-refractivity contribution in [2.75, 3.05) is 0 Å². The van der Waals surface area contributed by atoms with Gasteiger partial charge in [0.05, 0.1) is 6.10 Å². The molecule has 15 heavy (non-hydrogen) atoms. The van der Waals surface area contributed by atoms with Crippen molar-refractivity contribution in [1.29, 1.82) is 0 Å². The molecule has 0 saturated heterocycles. The third-order valence-corrected chi connectivity index (χ3v) is 4.99. The van der Waals surface area contributed by atoms with Gasteiger partial charge in [0.15, 0.2) is 0 Å². The van der Waals surface area contributed by atoms with E-state index in [1.54, 1.807) is 0 Å². The van der Waals surface area contributed by atoms with E-state index >= 15 is 0 Å². The number of allylic oxidation sites excluding steroid dienone is 1. The van der Waals surface area contributed by atoms with Crippen LogP contribution in [0, 0.1) is 23.2 Å². The first-order valence-electron chi connectivity index (χ1n) is 6.00. The Labute approximate surface area is 92.9 Å². The van der Waals surface area contributed by atoms with Gasteiger partial charge >= 0.3 is 0 Å². The maximum Gasteiger partial charge on any atom is 0.0614 e. The molecular formula is C14H22O. The molecular weight excluding hydrogens is 184 g/mol. The van der Waals surface area contributed by atoms with Crippen LogP contribution in [0.4, 0.5) is 0 Å². The molecule has 0 aromatic heterocycles. The van der Waals surface area contributed by atoms with Crippen LogP contribution in [0.15, 0.2) is 24.8 Å². The molecule has 0 aromatic rings. The van der Waals surface area contributed by atoms with Crippen LogP contribution in [0.5, 0.6) is 0 Å². The van der Waals surface area contributed by atoms with Gasteiger partial charge in [0.25, 0.3) is 0 Å². The summed E-state index contributed by atoms with van der Waals surface area (Å²) in [6.45, 7) is 12.7. The smallest absolute Gasteiger partial charge is 0.0614 e. The van der Waals surface area contributed by atoms with Gasteiger partial charge in [0.1, 0.15) is 0 Å². The van der Waals surface area contributed by atoms with Gasteiger partial charge in [-0.15, -0.1) is 6.58 Å². The Morgan fingerprint density at radius 1 is 1.53 bits per heavy atom. The van der Waals surface area contributed by atoms with Crippen LogP contribution in [-0.2, 0) is 0 Å². The standard InChI is InChI=1S/C14H22O/c1-5-11-6-7-14(4)9(2)8-12(15)13(11)10(14)3/h5,9,11-13,15H,1,3,6-8H2,2,4H3/t9-,11+,12+,13-,14+/m1/s1. The summed E-state index contributed by atoms with van der Waals surface area (Å²) in [6.07, 6.45) is 5.08. The van der Waals surface area contributed by atoms with E-state index in [1.807, 2.05) is 6.08 Å². The van der Waals surface area contributed by atoms with Crippen LogP contribution in [0.1, 0.15) is 33.1 Å². The van der Waals surface area contributed by atoms with E-state index in [0.29, 0.717) is 11.8 Å². The Balaban J connectivity index is 2.35. The van der Waals surface area contributed by atoms with Crippen LogP contribution in [0.2, 0.25) is 0 Å². The average molecular weight is 206 g/mol. The fourth-order valence-corrected chi connectivity index (χ4v) is 3.56. The number of aliphatic hydroxyl groups is 1. The van der Waals surface area contributed by atoms with Gasteiger partial charge in [-0.1, -0.05) is 32.1 Å². The molecule has 0 radical (unpaired) electrons. The lowest BCUT2D eigenvalue weighted by Crippen LogP contribution is -2.48. The molecule has 5 atom stereocenters. The topological polar surface area (TPSA) is 20.2 Å². The second kappa shape index (κ2) is 3.48. The predicted octanol–water partition coefficient (Wildman–Crippen LogP) is 3.16. The third kappa shape index (κ3) is 1.40. The van der Waals surface area contributed by atoms with Crippen LogP contribution >= 0.6 is 0 Å². The second-order valence-corrected chi connectivity index (χ2v) is 5.61. The van der Waals surface area contributed by atoms with Crippen LogP contribution in [0.3, 0.4) is 0 Å². The number of aliphatic hydroxyl groups excluding tert-OH is 1. The number of fused-ring (bicyclic) bond motifs is 2. The SMILES string of the molecule is C=C[C@H]1CC[C@]2(C)C(=C)[C@H]1[C@@H](O)C[C@H]2C. The molecule has 0 unspecified atom stereocenters. The summed E-state index contributed by atoms with van der Waals surface area (Å²) in [6, 6.07) is 0. The second-order valence-electron chi connectivity index (χ2n) is 5.61. The molecule has 2 fully saturated rings. The molecule has 2 bridgehead atoms. The van der Waals surface area contributed by atoms with E-state index < -0.39 is 0 Å². The lowest BCUT2D eigenvalue weighted by Gasteiger charge is -2.54. The first-order chi connectivity index (χ1) is 7.00. The summed E-state index contributed by atoms with van der Waals surface area (Å²) in [5, 5.41) is 10.2. The van der Waals surface area contributed by atoms with Crippen molar-refractivity contribution in [3.05, 3.63) is 24.8 Å². The third-order valence-electron chi connectivity index (χ3n) is 4.99. The van der Waals surface area contributed by atoms with Crippen molar-refractivity contribution in [3.63, 3.8) is 0 Å².